The van der Waals surface area contributed by atoms with Crippen molar-refractivity contribution in [3.05, 3.63) is 36.3 Å². The molecule has 2 aromatic heterocycles. The molecule has 0 aliphatic heterocycles. The van der Waals surface area contributed by atoms with E-state index in [0.29, 0.717) is 11.5 Å². The summed E-state index contributed by atoms with van der Waals surface area (Å²) in [5, 5.41) is 3.82. The van der Waals surface area contributed by atoms with Gasteiger partial charge < -0.3 is 4.55 Å². The van der Waals surface area contributed by atoms with Crippen LogP contribution in [0.4, 0.5) is 4.39 Å². The number of halogens is 1. The number of nitrogens with zero attached hydrogens (tertiary/aromatic N) is 4. The van der Waals surface area contributed by atoms with Crippen molar-refractivity contribution in [3.8, 4) is 5.82 Å². The van der Waals surface area contributed by atoms with E-state index in [2.05, 4.69) is 19.8 Å². The highest BCUT2D eigenvalue weighted by Gasteiger charge is 2.28. The monoisotopic (exact) mass is 311 g/mol. The third kappa shape index (κ3) is 3.99. The molecule has 114 valence electrons. The Hall–Kier alpha value is -1.51. The molecule has 2 rings (SSSR count). The molecule has 0 aromatic carbocycles. The molecule has 0 radical (unpaired) electrons. The van der Waals surface area contributed by atoms with Crippen LogP contribution < -0.4 is 4.72 Å². The minimum absolute atomic E-state index is 0.207. The van der Waals surface area contributed by atoms with Crippen LogP contribution in [0, 0.1) is 5.82 Å². The van der Waals surface area contributed by atoms with E-state index in [4.69, 9.17) is 0 Å². The first-order valence-corrected chi connectivity index (χ1v) is 7.63. The number of rotatable bonds is 4. The second kappa shape index (κ2) is 6.08. The standard InChI is InChI=1S/C13H18FN5OS/c1-9(18-21(20)13(2,3)4)11-6-16-12(7-15-11)19-8-10(14)5-17-19/h5-9,18H,1-4H3/t9-,21+/m0/s1. The van der Waals surface area contributed by atoms with Gasteiger partial charge in [0.1, 0.15) is 4.75 Å². The molecule has 6 nitrogen and oxygen atoms in total. The van der Waals surface area contributed by atoms with Crippen LogP contribution in [0.5, 0.6) is 0 Å². The maximum absolute atomic E-state index is 12.9. The summed E-state index contributed by atoms with van der Waals surface area (Å²) < 4.78 is 28.9. The molecule has 2 heterocycles. The van der Waals surface area contributed by atoms with Crippen LogP contribution in [-0.4, -0.2) is 29.0 Å². The summed E-state index contributed by atoms with van der Waals surface area (Å²) in [6.45, 7) is 7.54. The lowest BCUT2D eigenvalue weighted by molar-refractivity contribution is 0.528. The Kier molecular flexibility index (Phi) is 4.60. The van der Waals surface area contributed by atoms with Crippen molar-refractivity contribution in [1.29, 1.82) is 0 Å². The van der Waals surface area contributed by atoms with Gasteiger partial charge in [0.25, 0.3) is 0 Å². The maximum Gasteiger partial charge on any atom is 0.171 e. The summed E-state index contributed by atoms with van der Waals surface area (Å²) in [5.74, 6) is -0.0109. The van der Waals surface area contributed by atoms with Gasteiger partial charge in [-0.25, -0.2) is 14.1 Å². The second-order valence-electron chi connectivity index (χ2n) is 5.62. The smallest absolute Gasteiger partial charge is 0.171 e. The molecule has 0 fully saturated rings. The topological polar surface area (TPSA) is 78.7 Å². The SMILES string of the molecule is C[C@H](N[S@+]([O-])C(C)(C)C)c1cnc(-n2cc(F)cn2)cn1. The quantitative estimate of drug-likeness (QED) is 0.873. The first kappa shape index (κ1) is 15.9. The first-order chi connectivity index (χ1) is 9.77. The van der Waals surface area contributed by atoms with Gasteiger partial charge in [0.05, 0.1) is 36.5 Å². The lowest BCUT2D eigenvalue weighted by Gasteiger charge is -2.26. The summed E-state index contributed by atoms with van der Waals surface area (Å²) in [6, 6.07) is -0.207. The van der Waals surface area contributed by atoms with Gasteiger partial charge in [-0.3, -0.25) is 4.98 Å². The van der Waals surface area contributed by atoms with Crippen molar-refractivity contribution in [2.75, 3.05) is 0 Å². The number of aromatic nitrogens is 4. The summed E-state index contributed by atoms with van der Waals surface area (Å²) in [4.78, 5) is 8.44. The molecule has 2 atom stereocenters. The zero-order valence-corrected chi connectivity index (χ0v) is 13.2. The van der Waals surface area contributed by atoms with Crippen LogP contribution in [0.1, 0.15) is 39.4 Å². The number of hydrogen-bond acceptors (Lipinski definition) is 5. The van der Waals surface area contributed by atoms with Gasteiger partial charge in [-0.2, -0.15) is 5.10 Å². The van der Waals surface area contributed by atoms with Crippen molar-refractivity contribution >= 4 is 11.4 Å². The highest BCUT2D eigenvalue weighted by Crippen LogP contribution is 2.18. The second-order valence-corrected chi connectivity index (χ2v) is 7.62. The number of hydrogen-bond donors (Lipinski definition) is 1. The zero-order chi connectivity index (χ0) is 15.6. The number of nitrogens with one attached hydrogen (secondary N) is 1. The lowest BCUT2D eigenvalue weighted by atomic mass is 10.3. The molecule has 0 unspecified atom stereocenters. The van der Waals surface area contributed by atoms with Crippen molar-refractivity contribution in [3.63, 3.8) is 0 Å². The Bertz CT molecular complexity index is 595. The summed E-state index contributed by atoms with van der Waals surface area (Å²) >= 11 is -1.19. The van der Waals surface area contributed by atoms with Crippen molar-refractivity contribution < 1.29 is 8.94 Å². The van der Waals surface area contributed by atoms with Crippen LogP contribution in [0.3, 0.4) is 0 Å². The van der Waals surface area contributed by atoms with E-state index >= 15 is 0 Å². The van der Waals surface area contributed by atoms with Gasteiger partial charge in [-0.15, -0.1) is 4.72 Å². The highest BCUT2D eigenvalue weighted by molar-refractivity contribution is 7.90. The fourth-order valence-corrected chi connectivity index (χ4v) is 2.29. The van der Waals surface area contributed by atoms with Gasteiger partial charge in [0, 0.05) is 11.4 Å². The van der Waals surface area contributed by atoms with Crippen molar-refractivity contribution in [1.82, 2.24) is 24.5 Å². The van der Waals surface area contributed by atoms with E-state index in [1.54, 1.807) is 6.20 Å². The molecule has 21 heavy (non-hydrogen) atoms. The maximum atomic E-state index is 12.9. The zero-order valence-electron chi connectivity index (χ0n) is 12.4. The highest BCUT2D eigenvalue weighted by atomic mass is 32.2. The van der Waals surface area contributed by atoms with Gasteiger partial charge in [0.2, 0.25) is 0 Å². The average molecular weight is 311 g/mol. The summed E-state index contributed by atoms with van der Waals surface area (Å²) in [5.41, 5.74) is 0.656. The molecule has 0 saturated carbocycles. The van der Waals surface area contributed by atoms with Gasteiger partial charge in [-0.1, -0.05) is 0 Å². The van der Waals surface area contributed by atoms with E-state index in [1.165, 1.54) is 17.1 Å². The molecule has 1 N–H and O–H groups in total. The average Bonchev–Trinajstić information content (AvgIpc) is 2.84. The van der Waals surface area contributed by atoms with Crippen molar-refractivity contribution in [2.24, 2.45) is 0 Å². The third-order valence-corrected chi connectivity index (χ3v) is 4.41. The molecule has 0 amide bonds. The first-order valence-electron chi connectivity index (χ1n) is 6.48. The fourth-order valence-electron chi connectivity index (χ4n) is 1.50. The Morgan fingerprint density at radius 2 is 2.00 bits per heavy atom. The fraction of sp³-hybridized carbons (Fsp3) is 0.462. The molecule has 0 aliphatic carbocycles. The van der Waals surface area contributed by atoms with E-state index in [9.17, 15) is 8.94 Å². The molecule has 0 saturated heterocycles. The van der Waals surface area contributed by atoms with E-state index < -0.39 is 17.2 Å². The Morgan fingerprint density at radius 1 is 1.29 bits per heavy atom. The van der Waals surface area contributed by atoms with Crippen LogP contribution >= 0.6 is 0 Å². The Balaban J connectivity index is 2.08. The molecule has 0 spiro atoms. The largest absolute Gasteiger partial charge is 0.598 e. The molecular weight excluding hydrogens is 293 g/mol. The Labute approximate surface area is 126 Å². The minimum Gasteiger partial charge on any atom is -0.598 e. The van der Waals surface area contributed by atoms with Gasteiger partial charge in [0.15, 0.2) is 11.6 Å². The minimum atomic E-state index is -1.19. The molecule has 0 aliphatic rings. The van der Waals surface area contributed by atoms with Crippen LogP contribution in [0.15, 0.2) is 24.8 Å². The third-order valence-electron chi connectivity index (χ3n) is 2.73. The molecule has 2 aromatic rings. The Morgan fingerprint density at radius 3 is 2.48 bits per heavy atom. The van der Waals surface area contributed by atoms with Gasteiger partial charge in [-0.05, 0) is 27.7 Å². The van der Waals surface area contributed by atoms with E-state index in [-0.39, 0.29) is 10.8 Å². The van der Waals surface area contributed by atoms with Crippen LogP contribution in [0.2, 0.25) is 0 Å². The molecule has 0 bridgehead atoms. The summed E-state index contributed by atoms with van der Waals surface area (Å²) in [6.07, 6.45) is 5.39. The van der Waals surface area contributed by atoms with E-state index in [1.807, 2.05) is 27.7 Å². The van der Waals surface area contributed by atoms with Crippen molar-refractivity contribution in [2.45, 2.75) is 38.5 Å². The normalized spacial score (nSPS) is 15.0. The predicted octanol–water partition coefficient (Wildman–Crippen LogP) is 1.91. The molecule has 8 heteroatoms. The lowest BCUT2D eigenvalue weighted by Crippen LogP contribution is -2.40. The summed E-state index contributed by atoms with van der Waals surface area (Å²) in [7, 11) is 0. The predicted molar refractivity (Wildman–Crippen MR) is 78.6 cm³/mol. The van der Waals surface area contributed by atoms with Gasteiger partial charge >= 0.3 is 0 Å². The molecular formula is C13H18FN5OS. The van der Waals surface area contributed by atoms with Crippen LogP contribution in [0.25, 0.3) is 5.82 Å². The van der Waals surface area contributed by atoms with Crippen LogP contribution in [-0.2, 0) is 11.4 Å². The van der Waals surface area contributed by atoms with E-state index in [0.717, 1.165) is 6.20 Å².